The van der Waals surface area contributed by atoms with E-state index in [1.165, 1.54) is 5.56 Å². The number of H-pyrrole nitrogens is 1. The largest absolute Gasteiger partial charge is 0.354 e. The van der Waals surface area contributed by atoms with Crippen molar-refractivity contribution in [3.63, 3.8) is 0 Å². The van der Waals surface area contributed by atoms with Crippen molar-refractivity contribution < 1.29 is 4.79 Å². The Balaban J connectivity index is 1.07. The first-order chi connectivity index (χ1) is 15.2. The highest BCUT2D eigenvalue weighted by atomic mass is 35.5. The minimum Gasteiger partial charge on any atom is -0.354 e. The van der Waals surface area contributed by atoms with E-state index in [4.69, 9.17) is 11.6 Å². The topological polar surface area (TPSA) is 99.7 Å². The van der Waals surface area contributed by atoms with Gasteiger partial charge in [0.25, 0.3) is 0 Å². The summed E-state index contributed by atoms with van der Waals surface area (Å²) in [6.45, 7) is 2.28. The molecule has 0 radical (unpaired) electrons. The van der Waals surface area contributed by atoms with Gasteiger partial charge in [-0.2, -0.15) is 15.4 Å². The van der Waals surface area contributed by atoms with Crippen molar-refractivity contribution in [2.45, 2.75) is 12.3 Å². The molecule has 2 atom stereocenters. The van der Waals surface area contributed by atoms with Crippen LogP contribution in [-0.2, 0) is 11.2 Å². The Kier molecular flexibility index (Phi) is 5.38. The number of aromatic nitrogens is 5. The van der Waals surface area contributed by atoms with E-state index in [9.17, 15) is 4.79 Å². The van der Waals surface area contributed by atoms with Crippen molar-refractivity contribution in [2.24, 2.45) is 11.8 Å². The van der Waals surface area contributed by atoms with Gasteiger partial charge in [0.05, 0.1) is 11.9 Å². The maximum Gasteiger partial charge on any atom is 0.246 e. The molecule has 31 heavy (non-hydrogen) atoms. The summed E-state index contributed by atoms with van der Waals surface area (Å²) in [7, 11) is 0. The maximum atomic E-state index is 12.5. The third-order valence-electron chi connectivity index (χ3n) is 5.98. The van der Waals surface area contributed by atoms with Crippen molar-refractivity contribution in [3.05, 3.63) is 70.8 Å². The van der Waals surface area contributed by atoms with Crippen LogP contribution in [-0.4, -0.2) is 55.8 Å². The second-order valence-electron chi connectivity index (χ2n) is 7.97. The molecular weight excluding hydrogens is 414 g/mol. The third-order valence-corrected chi connectivity index (χ3v) is 6.23. The number of nitrogens with zero attached hydrogens (tertiary/aromatic N) is 5. The molecule has 8 nitrogen and oxygen atoms in total. The van der Waals surface area contributed by atoms with Crippen molar-refractivity contribution in [2.75, 3.05) is 25.0 Å². The SMILES string of the molecule is O=C(/C=C/c1cnc(NCCc2ccc(Cl)cc2)nc1)N1CC2C(C1)C2c1cn[nH]n1. The summed E-state index contributed by atoms with van der Waals surface area (Å²) >= 11 is 5.90. The number of piperidine rings is 1. The van der Waals surface area contributed by atoms with E-state index in [0.717, 1.165) is 42.3 Å². The molecule has 1 aromatic carbocycles. The zero-order chi connectivity index (χ0) is 21.2. The monoisotopic (exact) mass is 435 g/mol. The van der Waals surface area contributed by atoms with E-state index in [0.29, 0.717) is 23.7 Å². The van der Waals surface area contributed by atoms with Crippen molar-refractivity contribution >= 4 is 29.5 Å². The Labute approximate surface area is 184 Å². The minimum atomic E-state index is 0.0243. The van der Waals surface area contributed by atoms with Gasteiger partial charge in [0.2, 0.25) is 11.9 Å². The highest BCUT2D eigenvalue weighted by molar-refractivity contribution is 6.30. The smallest absolute Gasteiger partial charge is 0.246 e. The Morgan fingerprint density at radius 2 is 1.90 bits per heavy atom. The molecular formula is C22H22ClN7O. The molecule has 0 spiro atoms. The molecule has 5 rings (SSSR count). The highest BCUT2D eigenvalue weighted by Crippen LogP contribution is 2.57. The second-order valence-corrected chi connectivity index (χ2v) is 8.40. The van der Waals surface area contributed by atoms with Crippen LogP contribution in [0.2, 0.25) is 5.02 Å². The van der Waals surface area contributed by atoms with Gasteiger partial charge in [0, 0.05) is 54.6 Å². The Bertz CT molecular complexity index is 1050. The number of carbonyl (C=O) groups is 1. The van der Waals surface area contributed by atoms with Gasteiger partial charge in [-0.05, 0) is 42.0 Å². The minimum absolute atomic E-state index is 0.0243. The molecule has 158 valence electrons. The zero-order valence-corrected chi connectivity index (χ0v) is 17.5. The van der Waals surface area contributed by atoms with E-state index in [1.54, 1.807) is 30.7 Å². The summed E-state index contributed by atoms with van der Waals surface area (Å²) in [5, 5.41) is 14.7. The van der Waals surface area contributed by atoms with Gasteiger partial charge in [0.15, 0.2) is 0 Å². The lowest BCUT2D eigenvalue weighted by atomic mass is 10.1. The number of benzene rings is 1. The summed E-state index contributed by atoms with van der Waals surface area (Å²) in [5.41, 5.74) is 3.00. The predicted molar refractivity (Wildman–Crippen MR) is 117 cm³/mol. The summed E-state index contributed by atoms with van der Waals surface area (Å²) in [4.78, 5) is 23.0. The number of hydrogen-bond donors (Lipinski definition) is 2. The van der Waals surface area contributed by atoms with E-state index in [-0.39, 0.29) is 5.91 Å². The number of halogens is 1. The van der Waals surface area contributed by atoms with E-state index < -0.39 is 0 Å². The molecule has 2 aromatic heterocycles. The van der Waals surface area contributed by atoms with E-state index >= 15 is 0 Å². The fraction of sp³-hybridized carbons (Fsp3) is 0.318. The number of aromatic amines is 1. The number of fused-ring (bicyclic) bond motifs is 1. The van der Waals surface area contributed by atoms with Crippen molar-refractivity contribution in [1.29, 1.82) is 0 Å². The van der Waals surface area contributed by atoms with Crippen molar-refractivity contribution in [3.8, 4) is 0 Å². The van der Waals surface area contributed by atoms with Crippen LogP contribution in [0.5, 0.6) is 0 Å². The number of hydrogen-bond acceptors (Lipinski definition) is 6. The number of nitrogens with one attached hydrogen (secondary N) is 2. The number of likely N-dealkylation sites (tertiary alicyclic amines) is 1. The molecule has 1 saturated carbocycles. The van der Waals surface area contributed by atoms with E-state index in [2.05, 4.69) is 30.7 Å². The third kappa shape index (κ3) is 4.44. The van der Waals surface area contributed by atoms with Gasteiger partial charge < -0.3 is 10.2 Å². The van der Waals surface area contributed by atoms with Gasteiger partial charge in [-0.15, -0.1) is 0 Å². The molecule has 9 heteroatoms. The van der Waals surface area contributed by atoms with Gasteiger partial charge in [-0.1, -0.05) is 23.7 Å². The standard InChI is InChI=1S/C22H22ClN7O/c23-16-4-1-14(2-5-16)7-8-24-22-25-9-15(10-26-22)3-6-20(31)30-12-17-18(13-30)21(17)19-11-27-29-28-19/h1-6,9-11,17-18,21H,7-8,12-13H2,(H,24,25,26)(H,27,28,29)/b6-3+. The van der Waals surface area contributed by atoms with Crippen LogP contribution in [0.15, 0.2) is 48.9 Å². The molecule has 1 saturated heterocycles. The average molecular weight is 436 g/mol. The quantitative estimate of drug-likeness (QED) is 0.553. The second kappa shape index (κ2) is 8.47. The number of rotatable bonds is 7. The van der Waals surface area contributed by atoms with Gasteiger partial charge in [-0.3, -0.25) is 4.79 Å². The molecule has 1 aliphatic carbocycles. The fourth-order valence-corrected chi connectivity index (χ4v) is 4.40. The lowest BCUT2D eigenvalue weighted by Gasteiger charge is -2.17. The molecule has 0 bridgehead atoms. The van der Waals surface area contributed by atoms with Crippen LogP contribution in [0.4, 0.5) is 5.95 Å². The number of carbonyl (C=O) groups excluding carboxylic acids is 1. The average Bonchev–Trinajstić information content (AvgIpc) is 3.18. The Hall–Kier alpha value is -3.26. The predicted octanol–water partition coefficient (Wildman–Crippen LogP) is 2.79. The van der Waals surface area contributed by atoms with Gasteiger partial charge >= 0.3 is 0 Å². The first-order valence-corrected chi connectivity index (χ1v) is 10.7. The van der Waals surface area contributed by atoms with Crippen LogP contribution in [0.1, 0.15) is 22.7 Å². The van der Waals surface area contributed by atoms with Crippen LogP contribution in [0.25, 0.3) is 6.08 Å². The van der Waals surface area contributed by atoms with Crippen LogP contribution >= 0.6 is 11.6 Å². The summed E-state index contributed by atoms with van der Waals surface area (Å²) in [6, 6.07) is 7.79. The Morgan fingerprint density at radius 1 is 1.16 bits per heavy atom. The lowest BCUT2D eigenvalue weighted by Crippen LogP contribution is -2.29. The molecule has 1 aliphatic heterocycles. The summed E-state index contributed by atoms with van der Waals surface area (Å²) < 4.78 is 0. The van der Waals surface area contributed by atoms with Gasteiger partial charge in [0.1, 0.15) is 0 Å². The fourth-order valence-electron chi connectivity index (χ4n) is 4.27. The lowest BCUT2D eigenvalue weighted by molar-refractivity contribution is -0.125. The molecule has 2 fully saturated rings. The zero-order valence-electron chi connectivity index (χ0n) is 16.8. The van der Waals surface area contributed by atoms with Gasteiger partial charge in [-0.25, -0.2) is 9.97 Å². The number of amides is 1. The first kappa shape index (κ1) is 19.7. The highest BCUT2D eigenvalue weighted by Gasteiger charge is 2.58. The summed E-state index contributed by atoms with van der Waals surface area (Å²) in [5.74, 6) is 2.04. The van der Waals surface area contributed by atoms with Crippen LogP contribution < -0.4 is 5.32 Å². The summed E-state index contributed by atoms with van der Waals surface area (Å²) in [6.07, 6.45) is 9.42. The van der Waals surface area contributed by atoms with Crippen molar-refractivity contribution in [1.82, 2.24) is 30.3 Å². The molecule has 3 heterocycles. The Morgan fingerprint density at radius 3 is 2.58 bits per heavy atom. The molecule has 2 unspecified atom stereocenters. The molecule has 2 aliphatic rings. The molecule has 2 N–H and O–H groups in total. The van der Waals surface area contributed by atoms with Crippen LogP contribution in [0, 0.1) is 11.8 Å². The molecule has 3 aromatic rings. The molecule has 1 amide bonds. The van der Waals surface area contributed by atoms with E-state index in [1.807, 2.05) is 29.2 Å². The van der Waals surface area contributed by atoms with Crippen LogP contribution in [0.3, 0.4) is 0 Å². The number of anilines is 1. The normalized spacial score (nSPS) is 22.0. The maximum absolute atomic E-state index is 12.5. The first-order valence-electron chi connectivity index (χ1n) is 10.3.